The molecule has 0 radical (unpaired) electrons. The van der Waals surface area contributed by atoms with Gasteiger partial charge in [-0.3, -0.25) is 0 Å². The van der Waals surface area contributed by atoms with E-state index in [0.717, 1.165) is 10.2 Å². The molecule has 19 heavy (non-hydrogen) atoms. The van der Waals surface area contributed by atoms with E-state index in [9.17, 15) is 0 Å². The van der Waals surface area contributed by atoms with Crippen LogP contribution in [0.4, 0.5) is 0 Å². The Hall–Kier alpha value is -1.28. The first-order valence-electron chi connectivity index (χ1n) is 6.54. The lowest BCUT2D eigenvalue weighted by molar-refractivity contribution is 0.301. The van der Waals surface area contributed by atoms with E-state index in [4.69, 9.17) is 4.74 Å². The molecule has 0 saturated carbocycles. The molecule has 0 aromatic heterocycles. The first-order chi connectivity index (χ1) is 9.08. The summed E-state index contributed by atoms with van der Waals surface area (Å²) in [6, 6.07) is 14.6. The normalized spacial score (nSPS) is 10.8. The molecule has 0 bridgehead atoms. The summed E-state index contributed by atoms with van der Waals surface area (Å²) in [4.78, 5) is 0. The van der Waals surface area contributed by atoms with Crippen LogP contribution in [0.15, 0.2) is 46.9 Å². The van der Waals surface area contributed by atoms with Crippen molar-refractivity contribution >= 4 is 15.9 Å². The molecule has 0 atom stereocenters. The van der Waals surface area contributed by atoms with Crippen molar-refractivity contribution < 1.29 is 4.74 Å². The predicted octanol–water partition coefficient (Wildman–Crippen LogP) is 5.46. The van der Waals surface area contributed by atoms with E-state index in [1.807, 2.05) is 18.2 Å². The van der Waals surface area contributed by atoms with Crippen LogP contribution in [0, 0.1) is 6.92 Å². The zero-order valence-corrected chi connectivity index (χ0v) is 13.2. The van der Waals surface area contributed by atoms with Crippen LogP contribution in [-0.4, -0.2) is 0 Å². The van der Waals surface area contributed by atoms with Crippen LogP contribution in [0.1, 0.15) is 36.5 Å². The molecule has 100 valence electrons. The third-order valence-corrected chi connectivity index (χ3v) is 3.91. The maximum absolute atomic E-state index is 6.02. The first kappa shape index (κ1) is 14.1. The van der Waals surface area contributed by atoms with Crippen LogP contribution in [0.5, 0.6) is 5.75 Å². The van der Waals surface area contributed by atoms with Crippen LogP contribution in [0.2, 0.25) is 0 Å². The summed E-state index contributed by atoms with van der Waals surface area (Å²) in [5.41, 5.74) is 3.66. The van der Waals surface area contributed by atoms with Gasteiger partial charge >= 0.3 is 0 Å². The monoisotopic (exact) mass is 318 g/mol. The first-order valence-corrected chi connectivity index (χ1v) is 7.34. The van der Waals surface area contributed by atoms with Crippen molar-refractivity contribution in [3.63, 3.8) is 0 Å². The van der Waals surface area contributed by atoms with Gasteiger partial charge in [-0.15, -0.1) is 0 Å². The van der Waals surface area contributed by atoms with Gasteiger partial charge in [0.15, 0.2) is 0 Å². The molecule has 2 aromatic carbocycles. The summed E-state index contributed by atoms with van der Waals surface area (Å²) in [7, 11) is 0. The van der Waals surface area contributed by atoms with Crippen molar-refractivity contribution in [1.29, 1.82) is 0 Å². The summed E-state index contributed by atoms with van der Waals surface area (Å²) in [6.45, 7) is 7.06. The van der Waals surface area contributed by atoms with E-state index in [1.165, 1.54) is 16.7 Å². The molecule has 2 aromatic rings. The Morgan fingerprint density at radius 2 is 1.84 bits per heavy atom. The second kappa shape index (κ2) is 6.25. The van der Waals surface area contributed by atoms with Gasteiger partial charge in [0.2, 0.25) is 0 Å². The molecule has 0 heterocycles. The zero-order valence-electron chi connectivity index (χ0n) is 11.6. The summed E-state index contributed by atoms with van der Waals surface area (Å²) in [6.07, 6.45) is 0. The van der Waals surface area contributed by atoms with Crippen LogP contribution < -0.4 is 4.74 Å². The average Bonchev–Trinajstić information content (AvgIpc) is 2.37. The van der Waals surface area contributed by atoms with Gasteiger partial charge in [0, 0.05) is 10.0 Å². The topological polar surface area (TPSA) is 9.23 Å². The molecular weight excluding hydrogens is 300 g/mol. The highest BCUT2D eigenvalue weighted by atomic mass is 79.9. The Morgan fingerprint density at radius 3 is 2.53 bits per heavy atom. The Balaban J connectivity index is 2.19. The molecule has 0 saturated heterocycles. The van der Waals surface area contributed by atoms with E-state index < -0.39 is 0 Å². The van der Waals surface area contributed by atoms with E-state index in [0.29, 0.717) is 12.5 Å². The number of aryl methyl sites for hydroxylation is 1. The zero-order chi connectivity index (χ0) is 13.8. The number of benzene rings is 2. The lowest BCUT2D eigenvalue weighted by Crippen LogP contribution is -2.01. The standard InChI is InChI=1S/C17H19BrO/c1-12(2)15-9-8-13(3)10-17(15)19-11-14-6-4-5-7-16(14)18/h4-10,12H,11H2,1-3H3. The number of halogens is 1. The number of ether oxygens (including phenoxy) is 1. The summed E-state index contributed by atoms with van der Waals surface area (Å²) in [5.74, 6) is 1.46. The Bertz CT molecular complexity index is 561. The van der Waals surface area contributed by atoms with Crippen molar-refractivity contribution in [2.75, 3.05) is 0 Å². The van der Waals surface area contributed by atoms with Crippen LogP contribution in [0.25, 0.3) is 0 Å². The van der Waals surface area contributed by atoms with Crippen molar-refractivity contribution in [2.45, 2.75) is 33.3 Å². The third-order valence-electron chi connectivity index (χ3n) is 3.13. The van der Waals surface area contributed by atoms with E-state index >= 15 is 0 Å². The molecule has 0 aliphatic rings. The molecule has 1 nitrogen and oxygen atoms in total. The molecule has 2 rings (SSSR count). The van der Waals surface area contributed by atoms with Gasteiger partial charge in [0.05, 0.1) is 0 Å². The molecule has 0 aliphatic carbocycles. The SMILES string of the molecule is Cc1ccc(C(C)C)c(OCc2ccccc2Br)c1. The van der Waals surface area contributed by atoms with Gasteiger partial charge in [-0.1, -0.05) is 60.1 Å². The van der Waals surface area contributed by atoms with Crippen LogP contribution in [0.3, 0.4) is 0 Å². The van der Waals surface area contributed by atoms with E-state index in [1.54, 1.807) is 0 Å². The minimum Gasteiger partial charge on any atom is -0.489 e. The highest BCUT2D eigenvalue weighted by Gasteiger charge is 2.09. The molecule has 0 spiro atoms. The van der Waals surface area contributed by atoms with Gasteiger partial charge in [0.25, 0.3) is 0 Å². The predicted molar refractivity (Wildman–Crippen MR) is 83.7 cm³/mol. The second-order valence-electron chi connectivity index (χ2n) is 5.08. The fourth-order valence-electron chi connectivity index (χ4n) is 2.01. The third kappa shape index (κ3) is 3.60. The van der Waals surface area contributed by atoms with Crippen molar-refractivity contribution in [1.82, 2.24) is 0 Å². The molecule has 2 heteroatoms. The Morgan fingerprint density at radius 1 is 1.11 bits per heavy atom. The minimum absolute atomic E-state index is 0.467. The van der Waals surface area contributed by atoms with Crippen LogP contribution in [-0.2, 0) is 6.61 Å². The molecule has 0 aliphatic heterocycles. The largest absolute Gasteiger partial charge is 0.489 e. The molecule has 0 amide bonds. The fourth-order valence-corrected chi connectivity index (χ4v) is 2.41. The number of hydrogen-bond donors (Lipinski definition) is 0. The van der Waals surface area contributed by atoms with Crippen molar-refractivity contribution in [2.24, 2.45) is 0 Å². The lowest BCUT2D eigenvalue weighted by atomic mass is 10.0. The maximum atomic E-state index is 6.02. The van der Waals surface area contributed by atoms with Crippen molar-refractivity contribution in [3.05, 3.63) is 63.6 Å². The van der Waals surface area contributed by atoms with Gasteiger partial charge in [-0.05, 0) is 36.1 Å². The quantitative estimate of drug-likeness (QED) is 0.727. The lowest BCUT2D eigenvalue weighted by Gasteiger charge is -2.15. The van der Waals surface area contributed by atoms with Gasteiger partial charge in [-0.25, -0.2) is 0 Å². The number of hydrogen-bond acceptors (Lipinski definition) is 1. The second-order valence-corrected chi connectivity index (χ2v) is 5.93. The van der Waals surface area contributed by atoms with Gasteiger partial charge < -0.3 is 4.74 Å². The molecule has 0 fully saturated rings. The summed E-state index contributed by atoms with van der Waals surface area (Å²) in [5, 5.41) is 0. The summed E-state index contributed by atoms with van der Waals surface area (Å²) < 4.78 is 7.11. The van der Waals surface area contributed by atoms with Crippen molar-refractivity contribution in [3.8, 4) is 5.75 Å². The number of rotatable bonds is 4. The minimum atomic E-state index is 0.467. The fraction of sp³-hybridized carbons (Fsp3) is 0.294. The van der Waals surface area contributed by atoms with E-state index in [-0.39, 0.29) is 0 Å². The van der Waals surface area contributed by atoms with Gasteiger partial charge in [0.1, 0.15) is 12.4 Å². The average molecular weight is 319 g/mol. The smallest absolute Gasteiger partial charge is 0.123 e. The van der Waals surface area contributed by atoms with E-state index in [2.05, 4.69) is 61.0 Å². The van der Waals surface area contributed by atoms with Crippen LogP contribution >= 0.6 is 15.9 Å². The molecule has 0 N–H and O–H groups in total. The highest BCUT2D eigenvalue weighted by molar-refractivity contribution is 9.10. The maximum Gasteiger partial charge on any atom is 0.123 e. The van der Waals surface area contributed by atoms with Gasteiger partial charge in [-0.2, -0.15) is 0 Å². The Kier molecular flexibility index (Phi) is 4.65. The highest BCUT2D eigenvalue weighted by Crippen LogP contribution is 2.28. The Labute approximate surface area is 123 Å². The molecular formula is C17H19BrO. The molecule has 0 unspecified atom stereocenters. The summed E-state index contributed by atoms with van der Waals surface area (Å²) >= 11 is 3.55.